The highest BCUT2D eigenvalue weighted by atomic mass is 16.3. The smallest absolute Gasteiger partial charge is 0.155 e. The number of anilines is 1. The van der Waals surface area contributed by atoms with E-state index >= 15 is 0 Å². The standard InChI is InChI=1S/C28H34N6O2/c1-33(29)27-22-12-13-34(28(22)31-16-30-27)24-15-20(25(35)26(24)36)8-5-18-4-7-19-9-11-21(32-23(19)14-18)10-6-17-2-3-17/h4,7,9,11-14,16-17,20,24-26,35-36H,2-3,5-6,8,10,15,29H2,1H3/t20-,24+,25+,26-/m0/s1. The molecule has 4 aromatic rings. The zero-order chi connectivity index (χ0) is 24.8. The molecule has 3 aromatic heterocycles. The second-order valence-electron chi connectivity index (χ2n) is 10.7. The van der Waals surface area contributed by atoms with Crippen molar-refractivity contribution in [2.75, 3.05) is 12.1 Å². The number of nitrogens with two attached hydrogens (primary N) is 1. The first-order valence-electron chi connectivity index (χ1n) is 13.0. The van der Waals surface area contributed by atoms with Crippen LogP contribution in [-0.4, -0.2) is 49.0 Å². The van der Waals surface area contributed by atoms with E-state index in [2.05, 4.69) is 40.3 Å². The highest BCUT2D eigenvalue weighted by molar-refractivity contribution is 5.87. The Morgan fingerprint density at radius 2 is 1.86 bits per heavy atom. The summed E-state index contributed by atoms with van der Waals surface area (Å²) in [4.78, 5) is 13.6. The number of fused-ring (bicyclic) bond motifs is 2. The third kappa shape index (κ3) is 4.45. The first kappa shape index (κ1) is 23.3. The number of aliphatic hydroxyl groups excluding tert-OH is 2. The summed E-state index contributed by atoms with van der Waals surface area (Å²) in [5.74, 6) is 7.45. The molecular weight excluding hydrogens is 452 g/mol. The van der Waals surface area contributed by atoms with Gasteiger partial charge in [-0.05, 0) is 67.7 Å². The normalized spacial score (nSPS) is 24.1. The predicted molar refractivity (Wildman–Crippen MR) is 140 cm³/mol. The Balaban J connectivity index is 1.16. The maximum Gasteiger partial charge on any atom is 0.155 e. The predicted octanol–water partition coefficient (Wildman–Crippen LogP) is 3.55. The lowest BCUT2D eigenvalue weighted by Gasteiger charge is -2.19. The van der Waals surface area contributed by atoms with Crippen LogP contribution in [-0.2, 0) is 12.8 Å². The fourth-order valence-electron chi connectivity index (χ4n) is 5.78. The molecule has 4 N–H and O–H groups in total. The molecule has 8 nitrogen and oxygen atoms in total. The van der Waals surface area contributed by atoms with Gasteiger partial charge in [0.2, 0.25) is 0 Å². The topological polar surface area (TPSA) is 113 Å². The summed E-state index contributed by atoms with van der Waals surface area (Å²) in [7, 11) is 1.74. The summed E-state index contributed by atoms with van der Waals surface area (Å²) in [6, 6.07) is 12.5. The zero-order valence-electron chi connectivity index (χ0n) is 20.7. The van der Waals surface area contributed by atoms with Gasteiger partial charge in [-0.3, -0.25) is 9.99 Å². The summed E-state index contributed by atoms with van der Waals surface area (Å²) in [6.45, 7) is 0. The van der Waals surface area contributed by atoms with Gasteiger partial charge in [0.05, 0.1) is 23.0 Å². The van der Waals surface area contributed by atoms with Gasteiger partial charge in [0, 0.05) is 24.3 Å². The summed E-state index contributed by atoms with van der Waals surface area (Å²) in [5, 5.41) is 25.3. The lowest BCUT2D eigenvalue weighted by molar-refractivity contribution is 0.00545. The largest absolute Gasteiger partial charge is 0.390 e. The van der Waals surface area contributed by atoms with Gasteiger partial charge < -0.3 is 14.8 Å². The van der Waals surface area contributed by atoms with Crippen molar-refractivity contribution >= 4 is 27.8 Å². The third-order valence-corrected chi connectivity index (χ3v) is 8.07. The van der Waals surface area contributed by atoms with Gasteiger partial charge in [-0.15, -0.1) is 0 Å². The minimum absolute atomic E-state index is 0.00512. The van der Waals surface area contributed by atoms with Crippen LogP contribution in [0.2, 0.25) is 0 Å². The van der Waals surface area contributed by atoms with Crippen molar-refractivity contribution in [3.8, 4) is 0 Å². The molecule has 0 unspecified atom stereocenters. The lowest BCUT2D eigenvalue weighted by atomic mass is 9.95. The average Bonchev–Trinajstić information content (AvgIpc) is 3.56. The van der Waals surface area contributed by atoms with Gasteiger partial charge in [0.25, 0.3) is 0 Å². The minimum Gasteiger partial charge on any atom is -0.390 e. The number of rotatable bonds is 8. The number of aliphatic hydroxyl groups is 2. The van der Waals surface area contributed by atoms with Gasteiger partial charge in [0.1, 0.15) is 18.1 Å². The van der Waals surface area contributed by atoms with Crippen LogP contribution in [0.4, 0.5) is 5.82 Å². The molecule has 0 bridgehead atoms. The van der Waals surface area contributed by atoms with Crippen LogP contribution in [0.1, 0.15) is 49.4 Å². The van der Waals surface area contributed by atoms with Crippen molar-refractivity contribution in [1.82, 2.24) is 19.5 Å². The second kappa shape index (κ2) is 9.42. The number of hydrogen-bond donors (Lipinski definition) is 3. The summed E-state index contributed by atoms with van der Waals surface area (Å²) < 4.78 is 1.96. The number of nitrogens with zero attached hydrogens (tertiary/aromatic N) is 5. The Kier molecular flexibility index (Phi) is 6.11. The molecule has 36 heavy (non-hydrogen) atoms. The average molecular weight is 487 g/mol. The SMILES string of the molecule is CN(N)c1ncnc2c1ccn2[C@@H]1C[C@H](CCc2ccc3ccc(CCC4CC4)nc3c2)[C@@H](O)[C@H]1O. The number of aryl methyl sites for hydroxylation is 2. The molecule has 6 rings (SSSR count). The van der Waals surface area contributed by atoms with Crippen molar-refractivity contribution in [2.45, 2.75) is 63.2 Å². The van der Waals surface area contributed by atoms with Gasteiger partial charge in [-0.1, -0.05) is 31.0 Å². The van der Waals surface area contributed by atoms with E-state index in [-0.39, 0.29) is 12.0 Å². The van der Waals surface area contributed by atoms with E-state index in [1.54, 1.807) is 7.05 Å². The minimum atomic E-state index is -0.855. The molecule has 2 aliphatic rings. The molecular formula is C28H34N6O2. The number of hydrazine groups is 1. The molecule has 2 fully saturated rings. The highest BCUT2D eigenvalue weighted by Crippen LogP contribution is 2.40. The molecule has 0 radical (unpaired) electrons. The summed E-state index contributed by atoms with van der Waals surface area (Å²) in [5.41, 5.74) is 4.15. The fourth-order valence-corrected chi connectivity index (χ4v) is 5.78. The molecule has 0 amide bonds. The molecule has 2 saturated carbocycles. The van der Waals surface area contributed by atoms with Crippen molar-refractivity contribution in [2.24, 2.45) is 17.7 Å². The number of pyridine rings is 1. The van der Waals surface area contributed by atoms with Crippen molar-refractivity contribution in [3.05, 3.63) is 60.2 Å². The number of benzene rings is 1. The molecule has 0 spiro atoms. The van der Waals surface area contributed by atoms with Crippen LogP contribution in [0.3, 0.4) is 0 Å². The maximum atomic E-state index is 10.9. The van der Waals surface area contributed by atoms with E-state index in [1.807, 2.05) is 16.8 Å². The Hall–Kier alpha value is -3.07. The van der Waals surface area contributed by atoms with Crippen LogP contribution in [0.25, 0.3) is 21.9 Å². The lowest BCUT2D eigenvalue weighted by Crippen LogP contribution is -2.29. The number of hydrogen-bond acceptors (Lipinski definition) is 7. The molecule has 3 heterocycles. The first-order valence-corrected chi connectivity index (χ1v) is 13.0. The van der Waals surface area contributed by atoms with Crippen LogP contribution in [0.5, 0.6) is 0 Å². The molecule has 8 heteroatoms. The van der Waals surface area contributed by atoms with Gasteiger partial charge in [0.15, 0.2) is 5.82 Å². The Labute approximate surface area is 210 Å². The monoisotopic (exact) mass is 486 g/mol. The molecule has 1 aromatic carbocycles. The van der Waals surface area contributed by atoms with Crippen molar-refractivity contribution < 1.29 is 10.2 Å². The van der Waals surface area contributed by atoms with Crippen LogP contribution in [0.15, 0.2) is 48.9 Å². The van der Waals surface area contributed by atoms with E-state index in [0.29, 0.717) is 17.9 Å². The third-order valence-electron chi connectivity index (χ3n) is 8.07. The van der Waals surface area contributed by atoms with Crippen molar-refractivity contribution in [3.63, 3.8) is 0 Å². The van der Waals surface area contributed by atoms with Crippen LogP contribution in [0, 0.1) is 11.8 Å². The summed E-state index contributed by atoms with van der Waals surface area (Å²) >= 11 is 0. The quantitative estimate of drug-likeness (QED) is 0.258. The molecule has 0 aliphatic heterocycles. The van der Waals surface area contributed by atoms with Crippen molar-refractivity contribution in [1.29, 1.82) is 0 Å². The van der Waals surface area contributed by atoms with E-state index < -0.39 is 12.2 Å². The molecule has 0 saturated heterocycles. The molecule has 2 aliphatic carbocycles. The van der Waals surface area contributed by atoms with Crippen LogP contribution >= 0.6 is 0 Å². The zero-order valence-corrected chi connectivity index (χ0v) is 20.7. The number of aromatic nitrogens is 4. The van der Waals surface area contributed by atoms with Gasteiger partial charge in [-0.25, -0.2) is 15.8 Å². The Morgan fingerprint density at radius 1 is 1.03 bits per heavy atom. The Morgan fingerprint density at radius 3 is 2.67 bits per heavy atom. The van der Waals surface area contributed by atoms with Crippen LogP contribution < -0.4 is 10.9 Å². The fraction of sp³-hybridized carbons (Fsp3) is 0.464. The van der Waals surface area contributed by atoms with E-state index in [9.17, 15) is 10.2 Å². The highest BCUT2D eigenvalue weighted by Gasteiger charge is 2.42. The van der Waals surface area contributed by atoms with E-state index in [4.69, 9.17) is 10.8 Å². The summed E-state index contributed by atoms with van der Waals surface area (Å²) in [6.07, 6.45) is 9.12. The Bertz CT molecular complexity index is 1380. The maximum absolute atomic E-state index is 10.9. The van der Waals surface area contributed by atoms with E-state index in [1.165, 1.54) is 41.9 Å². The second-order valence-corrected chi connectivity index (χ2v) is 10.7. The van der Waals surface area contributed by atoms with Gasteiger partial charge >= 0.3 is 0 Å². The molecule has 4 atom stereocenters. The van der Waals surface area contributed by atoms with E-state index in [0.717, 1.165) is 41.5 Å². The van der Waals surface area contributed by atoms with Gasteiger partial charge in [-0.2, -0.15) is 0 Å². The first-order chi connectivity index (χ1) is 17.5. The molecule has 188 valence electrons.